The summed E-state index contributed by atoms with van der Waals surface area (Å²) in [6, 6.07) is 7.89. The highest BCUT2D eigenvalue weighted by atomic mass is 35.5. The third kappa shape index (κ3) is 3.75. The predicted molar refractivity (Wildman–Crippen MR) is 98.5 cm³/mol. The van der Waals surface area contributed by atoms with Crippen LogP contribution in [-0.2, 0) is 6.54 Å². The summed E-state index contributed by atoms with van der Waals surface area (Å²) in [6.07, 6.45) is 2.62. The molecule has 0 atom stereocenters. The summed E-state index contributed by atoms with van der Waals surface area (Å²) in [5, 5.41) is 11.0. The number of benzene rings is 1. The lowest BCUT2D eigenvalue weighted by Crippen LogP contribution is -2.31. The third-order valence-corrected chi connectivity index (χ3v) is 3.37. The first-order valence-corrected chi connectivity index (χ1v) is 6.74. The number of imidazole rings is 1. The van der Waals surface area contributed by atoms with Crippen molar-refractivity contribution in [2.75, 3.05) is 12.3 Å². The minimum absolute atomic E-state index is 0. The molecule has 0 saturated heterocycles. The smallest absolute Gasteiger partial charge is 0.185 e. The van der Waals surface area contributed by atoms with Gasteiger partial charge in [-0.15, -0.1) is 24.8 Å². The second kappa shape index (κ2) is 7.85. The first-order valence-electron chi connectivity index (χ1n) is 6.74. The van der Waals surface area contributed by atoms with E-state index in [0.717, 1.165) is 34.9 Å². The normalized spacial score (nSPS) is 10.1. The number of aromatic nitrogens is 3. The van der Waals surface area contributed by atoms with E-state index in [9.17, 15) is 0 Å². The number of nitrogen functional groups attached to an aromatic ring is 1. The molecule has 2 heterocycles. The molecule has 0 bridgehead atoms. The molecule has 23 heavy (non-hydrogen) atoms. The lowest BCUT2D eigenvalue weighted by Gasteiger charge is -2.08. The Bertz CT molecular complexity index is 815. The third-order valence-electron chi connectivity index (χ3n) is 3.37. The molecule has 3 rings (SSSR count). The van der Waals surface area contributed by atoms with Gasteiger partial charge in [-0.25, -0.2) is 9.97 Å². The Morgan fingerprint density at radius 1 is 1.26 bits per heavy atom. The fraction of sp³-hybridized carbons (Fsp3) is 0.214. The van der Waals surface area contributed by atoms with Crippen LogP contribution in [0, 0.1) is 5.41 Å². The number of halogens is 2. The van der Waals surface area contributed by atoms with Gasteiger partial charge in [0, 0.05) is 18.5 Å². The molecular formula is C14H19Cl2N7. The van der Waals surface area contributed by atoms with Crippen LogP contribution in [0.3, 0.4) is 0 Å². The van der Waals surface area contributed by atoms with E-state index in [0.29, 0.717) is 12.4 Å². The number of pyridine rings is 1. The van der Waals surface area contributed by atoms with Gasteiger partial charge >= 0.3 is 0 Å². The van der Waals surface area contributed by atoms with Crippen molar-refractivity contribution in [3.63, 3.8) is 0 Å². The SMILES string of the molecule is Cl.Cl.N=C(N)NCCCn1cnc2c(N)nc3ccccc3c21. The number of nitrogens with one attached hydrogen (secondary N) is 2. The second-order valence-corrected chi connectivity index (χ2v) is 4.84. The molecule has 9 heteroatoms. The first kappa shape index (κ1) is 18.8. The summed E-state index contributed by atoms with van der Waals surface area (Å²) >= 11 is 0. The van der Waals surface area contributed by atoms with Gasteiger partial charge in [-0.05, 0) is 12.5 Å². The zero-order chi connectivity index (χ0) is 14.8. The highest BCUT2D eigenvalue weighted by Crippen LogP contribution is 2.26. The Hall–Kier alpha value is -2.25. The molecule has 0 spiro atoms. The molecule has 6 N–H and O–H groups in total. The summed E-state index contributed by atoms with van der Waals surface area (Å²) in [7, 11) is 0. The lowest BCUT2D eigenvalue weighted by atomic mass is 10.2. The van der Waals surface area contributed by atoms with Gasteiger partial charge in [0.1, 0.15) is 5.52 Å². The van der Waals surface area contributed by atoms with E-state index in [1.54, 1.807) is 6.33 Å². The number of para-hydroxylation sites is 1. The fourth-order valence-electron chi connectivity index (χ4n) is 2.45. The molecule has 0 unspecified atom stereocenters. The zero-order valence-electron chi connectivity index (χ0n) is 12.3. The van der Waals surface area contributed by atoms with E-state index < -0.39 is 0 Å². The van der Waals surface area contributed by atoms with Crippen LogP contribution < -0.4 is 16.8 Å². The number of nitrogens with two attached hydrogens (primary N) is 2. The highest BCUT2D eigenvalue weighted by molar-refractivity contribution is 6.06. The Labute approximate surface area is 145 Å². The van der Waals surface area contributed by atoms with Gasteiger partial charge in [-0.1, -0.05) is 18.2 Å². The van der Waals surface area contributed by atoms with Crippen LogP contribution in [0.15, 0.2) is 30.6 Å². The van der Waals surface area contributed by atoms with Crippen LogP contribution in [0.25, 0.3) is 21.9 Å². The standard InChI is InChI=1S/C14H17N7.2ClH/c15-13-11-12(9-4-1-2-5-10(9)20-13)21(8-19-11)7-3-6-18-14(16)17;;/h1-2,4-5,8H,3,6-7H2,(H2,15,20)(H4,16,17,18);2*1H. The van der Waals surface area contributed by atoms with Crippen molar-refractivity contribution in [1.29, 1.82) is 5.41 Å². The number of anilines is 1. The summed E-state index contributed by atoms with van der Waals surface area (Å²) in [5.41, 5.74) is 13.8. The van der Waals surface area contributed by atoms with Crippen molar-refractivity contribution in [2.45, 2.75) is 13.0 Å². The summed E-state index contributed by atoms with van der Waals surface area (Å²) in [5.74, 6) is 0.439. The molecule has 0 saturated carbocycles. The first-order chi connectivity index (χ1) is 10.2. The summed E-state index contributed by atoms with van der Waals surface area (Å²) < 4.78 is 2.07. The Morgan fingerprint density at radius 3 is 2.74 bits per heavy atom. The molecular weight excluding hydrogens is 337 g/mol. The highest BCUT2D eigenvalue weighted by Gasteiger charge is 2.11. The van der Waals surface area contributed by atoms with Gasteiger partial charge in [0.15, 0.2) is 11.8 Å². The number of nitrogens with zero attached hydrogens (tertiary/aromatic N) is 3. The number of hydrogen-bond donors (Lipinski definition) is 4. The van der Waals surface area contributed by atoms with Gasteiger partial charge < -0.3 is 21.4 Å². The average Bonchev–Trinajstić information content (AvgIpc) is 2.88. The molecule has 7 nitrogen and oxygen atoms in total. The zero-order valence-corrected chi connectivity index (χ0v) is 14.0. The van der Waals surface area contributed by atoms with E-state index in [2.05, 4.69) is 19.9 Å². The van der Waals surface area contributed by atoms with Crippen LogP contribution in [0.4, 0.5) is 5.82 Å². The van der Waals surface area contributed by atoms with Gasteiger partial charge in [-0.3, -0.25) is 5.41 Å². The number of fused-ring (bicyclic) bond motifs is 3. The Morgan fingerprint density at radius 2 is 2.00 bits per heavy atom. The van der Waals surface area contributed by atoms with E-state index >= 15 is 0 Å². The molecule has 2 aromatic heterocycles. The fourth-order valence-corrected chi connectivity index (χ4v) is 2.45. The van der Waals surface area contributed by atoms with Crippen LogP contribution >= 0.6 is 24.8 Å². The molecule has 0 radical (unpaired) electrons. The maximum Gasteiger partial charge on any atom is 0.185 e. The molecule has 0 aliphatic carbocycles. The number of hydrogen-bond acceptors (Lipinski definition) is 4. The van der Waals surface area contributed by atoms with Crippen molar-refractivity contribution < 1.29 is 0 Å². The van der Waals surface area contributed by atoms with E-state index in [4.69, 9.17) is 16.9 Å². The largest absolute Gasteiger partial charge is 0.382 e. The minimum atomic E-state index is -0.00983. The van der Waals surface area contributed by atoms with Crippen molar-refractivity contribution in [3.05, 3.63) is 30.6 Å². The van der Waals surface area contributed by atoms with E-state index in [1.807, 2.05) is 24.3 Å². The van der Waals surface area contributed by atoms with E-state index in [-0.39, 0.29) is 30.8 Å². The number of rotatable bonds is 4. The van der Waals surface area contributed by atoms with Crippen LogP contribution in [0.1, 0.15) is 6.42 Å². The second-order valence-electron chi connectivity index (χ2n) is 4.84. The number of guanidine groups is 1. The van der Waals surface area contributed by atoms with Gasteiger partial charge in [0.25, 0.3) is 0 Å². The summed E-state index contributed by atoms with van der Waals surface area (Å²) in [4.78, 5) is 8.75. The molecule has 3 aromatic rings. The van der Waals surface area contributed by atoms with Crippen molar-refractivity contribution in [1.82, 2.24) is 19.9 Å². The van der Waals surface area contributed by atoms with Gasteiger partial charge in [0.2, 0.25) is 0 Å². The van der Waals surface area contributed by atoms with Crippen molar-refractivity contribution in [2.24, 2.45) is 5.73 Å². The Kier molecular flexibility index (Phi) is 6.41. The monoisotopic (exact) mass is 355 g/mol. The average molecular weight is 356 g/mol. The lowest BCUT2D eigenvalue weighted by molar-refractivity contribution is 0.643. The summed E-state index contributed by atoms with van der Waals surface area (Å²) in [6.45, 7) is 1.41. The van der Waals surface area contributed by atoms with Crippen molar-refractivity contribution >= 4 is 58.5 Å². The molecule has 0 aliphatic rings. The minimum Gasteiger partial charge on any atom is -0.382 e. The van der Waals surface area contributed by atoms with Gasteiger partial charge in [-0.2, -0.15) is 0 Å². The van der Waals surface area contributed by atoms with Gasteiger partial charge in [0.05, 0.1) is 17.4 Å². The van der Waals surface area contributed by atoms with Crippen molar-refractivity contribution in [3.8, 4) is 0 Å². The quantitative estimate of drug-likeness (QED) is 0.323. The van der Waals surface area contributed by atoms with Crippen LogP contribution in [0.5, 0.6) is 0 Å². The van der Waals surface area contributed by atoms with Crippen LogP contribution in [0.2, 0.25) is 0 Å². The molecule has 0 aliphatic heterocycles. The maximum absolute atomic E-state index is 7.14. The van der Waals surface area contributed by atoms with E-state index in [1.165, 1.54) is 0 Å². The van der Waals surface area contributed by atoms with Crippen LogP contribution in [-0.4, -0.2) is 27.0 Å². The molecule has 0 fully saturated rings. The molecule has 1 aromatic carbocycles. The molecule has 124 valence electrons. The maximum atomic E-state index is 7.14. The Balaban J connectivity index is 0.00000132. The number of aryl methyl sites for hydroxylation is 1. The molecule has 0 amide bonds. The predicted octanol–water partition coefficient (Wildman–Crippen LogP) is 1.88. The topological polar surface area (TPSA) is 119 Å².